The summed E-state index contributed by atoms with van der Waals surface area (Å²) in [5, 5.41) is 0. The van der Waals surface area contributed by atoms with Gasteiger partial charge >= 0.3 is 52.9 Å². The normalized spacial score (nSPS) is 36.0. The van der Waals surface area contributed by atoms with E-state index in [2.05, 4.69) is 0 Å². The van der Waals surface area contributed by atoms with Gasteiger partial charge in [0.1, 0.15) is 0 Å². The molecule has 0 aromatic heterocycles. The summed E-state index contributed by atoms with van der Waals surface area (Å²) in [6, 6.07) is 0. The standard InChI is InChI=1S/C2H8OSi2.Sn.2H/c1-4-3-5-2;;;/h1-2,4-5H2;;;. The molecule has 0 aliphatic carbocycles. The summed E-state index contributed by atoms with van der Waals surface area (Å²) in [5.41, 5.74) is 0. The minimum atomic E-state index is -0.000710. The summed E-state index contributed by atoms with van der Waals surface area (Å²) < 4.78 is 8.72. The zero-order valence-electron chi connectivity index (χ0n) is 3.94. The fraction of sp³-hybridized carbons (Fsp3) is 1.00. The van der Waals surface area contributed by atoms with Crippen molar-refractivity contribution in [1.29, 1.82) is 0 Å². The van der Waals surface area contributed by atoms with Crippen molar-refractivity contribution in [3.8, 4) is 0 Å². The summed E-state index contributed by atoms with van der Waals surface area (Å²) in [4.78, 5) is 0. The van der Waals surface area contributed by atoms with Crippen LogP contribution in [-0.4, -0.2) is 40.7 Å². The summed E-state index contributed by atoms with van der Waals surface area (Å²) in [6.45, 7) is 0. The average molecular weight is 225 g/mol. The van der Waals surface area contributed by atoms with Gasteiger partial charge in [0.15, 0.2) is 0 Å². The van der Waals surface area contributed by atoms with Crippen molar-refractivity contribution in [3.05, 3.63) is 0 Å². The molecule has 0 amide bonds. The Morgan fingerprint density at radius 3 is 2.17 bits per heavy atom. The third kappa shape index (κ3) is 1.76. The van der Waals surface area contributed by atoms with Gasteiger partial charge in [0.25, 0.3) is 0 Å². The molecule has 6 heavy (non-hydrogen) atoms. The van der Waals surface area contributed by atoms with Crippen molar-refractivity contribution in [3.63, 3.8) is 0 Å². The summed E-state index contributed by atoms with van der Waals surface area (Å²) in [7, 11) is 0.327. The molecule has 1 rings (SSSR count). The second-order valence-corrected chi connectivity index (χ2v) is 19.7. The van der Waals surface area contributed by atoms with Crippen LogP contribution in [0.1, 0.15) is 0 Å². The molecule has 0 bridgehead atoms. The van der Waals surface area contributed by atoms with Crippen LogP contribution in [0.2, 0.25) is 8.12 Å². The Kier molecular flexibility index (Phi) is 2.87. The molecule has 1 fully saturated rings. The van der Waals surface area contributed by atoms with Crippen LogP contribution in [0.5, 0.6) is 0 Å². The summed E-state index contributed by atoms with van der Waals surface area (Å²) >= 11 is -0.000710. The summed E-state index contributed by atoms with van der Waals surface area (Å²) in [5.74, 6) is 0. The number of rotatable bonds is 0. The van der Waals surface area contributed by atoms with Gasteiger partial charge in [-0.1, -0.05) is 0 Å². The van der Waals surface area contributed by atoms with Crippen molar-refractivity contribution in [2.45, 2.75) is 8.12 Å². The Labute approximate surface area is 53.0 Å². The van der Waals surface area contributed by atoms with Gasteiger partial charge in [0, 0.05) is 0 Å². The van der Waals surface area contributed by atoms with Gasteiger partial charge in [0.05, 0.1) is 0 Å². The molecule has 0 unspecified atom stereocenters. The van der Waals surface area contributed by atoms with Crippen molar-refractivity contribution >= 4 is 40.7 Å². The van der Waals surface area contributed by atoms with Crippen LogP contribution in [0, 0.1) is 0 Å². The average Bonchev–Trinajstić information content (AvgIpc) is 1.72. The zero-order chi connectivity index (χ0) is 4.24. The van der Waals surface area contributed by atoms with Crippen LogP contribution in [0.3, 0.4) is 0 Å². The van der Waals surface area contributed by atoms with Gasteiger partial charge in [-0.2, -0.15) is 0 Å². The molecule has 0 atom stereocenters. The molecule has 1 saturated heterocycles. The second kappa shape index (κ2) is 3.23. The molecule has 1 heterocycles. The van der Waals surface area contributed by atoms with Gasteiger partial charge in [0.2, 0.25) is 0 Å². The van der Waals surface area contributed by atoms with Crippen molar-refractivity contribution in [2.24, 2.45) is 0 Å². The van der Waals surface area contributed by atoms with E-state index in [1.54, 1.807) is 8.12 Å². The SMILES string of the molecule is [CH2]1[SiH2]O[SiH2][CH2][SnH2]1. The molecule has 0 saturated carbocycles. The van der Waals surface area contributed by atoms with E-state index in [4.69, 9.17) is 4.12 Å². The quantitative estimate of drug-likeness (QED) is 0.438. The predicted molar refractivity (Wildman–Crippen MR) is 36.3 cm³/mol. The van der Waals surface area contributed by atoms with E-state index in [0.717, 1.165) is 0 Å². The van der Waals surface area contributed by atoms with E-state index in [9.17, 15) is 0 Å². The third-order valence-electron chi connectivity index (χ3n) is 1.08. The number of hydrogen-bond donors (Lipinski definition) is 0. The molecule has 4 heteroatoms. The van der Waals surface area contributed by atoms with Crippen molar-refractivity contribution in [1.82, 2.24) is 0 Å². The molecular formula is C2H10OSi2Sn. The Morgan fingerprint density at radius 1 is 1.33 bits per heavy atom. The fourth-order valence-electron chi connectivity index (χ4n) is 0.687. The van der Waals surface area contributed by atoms with Gasteiger partial charge < -0.3 is 0 Å². The van der Waals surface area contributed by atoms with Crippen LogP contribution in [0.4, 0.5) is 0 Å². The number of hydrogen-bond acceptors (Lipinski definition) is 1. The first-order valence-corrected chi connectivity index (χ1v) is 11.4. The van der Waals surface area contributed by atoms with Crippen LogP contribution >= 0.6 is 0 Å². The van der Waals surface area contributed by atoms with E-state index in [1.807, 2.05) is 0 Å². The fourth-order valence-corrected chi connectivity index (χ4v) is 28.0. The maximum atomic E-state index is 5.40. The summed E-state index contributed by atoms with van der Waals surface area (Å²) in [6.07, 6.45) is 0. The topological polar surface area (TPSA) is 9.23 Å². The van der Waals surface area contributed by atoms with Gasteiger partial charge in [-0.05, 0) is 0 Å². The van der Waals surface area contributed by atoms with E-state index in [-0.39, 0.29) is 40.7 Å². The minimum absolute atomic E-state index is 0.000710. The first kappa shape index (κ1) is 5.33. The Morgan fingerprint density at radius 2 is 2.00 bits per heavy atom. The second-order valence-electron chi connectivity index (χ2n) is 1.67. The zero-order valence-corrected chi connectivity index (χ0v) is 10.8. The molecule has 0 aromatic carbocycles. The first-order valence-electron chi connectivity index (χ1n) is 2.58. The van der Waals surface area contributed by atoms with E-state index in [0.29, 0.717) is 0 Å². The molecule has 0 spiro atoms. The van der Waals surface area contributed by atoms with Crippen LogP contribution < -0.4 is 0 Å². The molecule has 36 valence electrons. The Bertz CT molecular complexity index is 27.0. The first-order chi connectivity index (χ1) is 3.00. The van der Waals surface area contributed by atoms with Crippen LogP contribution in [0.25, 0.3) is 0 Å². The maximum absolute atomic E-state index is 5.40. The predicted octanol–water partition coefficient (Wildman–Crippen LogP) is -1.90. The molecule has 1 aliphatic rings. The van der Waals surface area contributed by atoms with Crippen molar-refractivity contribution in [2.75, 3.05) is 0 Å². The monoisotopic (exact) mass is 226 g/mol. The van der Waals surface area contributed by atoms with Crippen LogP contribution in [0.15, 0.2) is 0 Å². The van der Waals surface area contributed by atoms with E-state index < -0.39 is 0 Å². The van der Waals surface area contributed by atoms with E-state index >= 15 is 0 Å². The molecule has 0 aromatic rings. The molecular weight excluding hydrogens is 215 g/mol. The van der Waals surface area contributed by atoms with Crippen molar-refractivity contribution < 1.29 is 4.12 Å². The van der Waals surface area contributed by atoms with E-state index in [1.165, 1.54) is 0 Å². The molecule has 0 N–H and O–H groups in total. The van der Waals surface area contributed by atoms with Gasteiger partial charge in [-0.3, -0.25) is 0 Å². The molecule has 0 radical (unpaired) electrons. The molecule has 1 aliphatic heterocycles. The Balaban J connectivity index is 2.00. The van der Waals surface area contributed by atoms with Gasteiger partial charge in [-0.25, -0.2) is 0 Å². The van der Waals surface area contributed by atoms with Crippen LogP contribution in [-0.2, 0) is 4.12 Å². The molecule has 1 nitrogen and oxygen atoms in total. The third-order valence-corrected chi connectivity index (χ3v) is 18.5. The van der Waals surface area contributed by atoms with Gasteiger partial charge in [-0.15, -0.1) is 0 Å². The Hall–Kier alpha value is 1.19.